The number of nitrogens with zero attached hydrogens (tertiary/aromatic N) is 1. The first-order valence-electron chi connectivity index (χ1n) is 9.05. The SMILES string of the molecule is COc1ccc(/C=C2/N=C(c3cccs3)OC2=O)cc1OCc1ccc(C)cc1. The number of esters is 1. The predicted molar refractivity (Wildman–Crippen MR) is 113 cm³/mol. The molecule has 0 bridgehead atoms. The van der Waals surface area contributed by atoms with Crippen LogP contribution in [-0.2, 0) is 16.1 Å². The van der Waals surface area contributed by atoms with Crippen LogP contribution in [0, 0.1) is 6.92 Å². The maximum absolute atomic E-state index is 12.2. The maximum atomic E-state index is 12.2. The molecule has 0 spiro atoms. The van der Waals surface area contributed by atoms with Gasteiger partial charge in [0.15, 0.2) is 17.2 Å². The molecule has 29 heavy (non-hydrogen) atoms. The van der Waals surface area contributed by atoms with Gasteiger partial charge in [-0.25, -0.2) is 9.79 Å². The van der Waals surface area contributed by atoms with Crippen molar-refractivity contribution in [1.29, 1.82) is 0 Å². The number of hydrogen-bond donors (Lipinski definition) is 0. The van der Waals surface area contributed by atoms with E-state index in [9.17, 15) is 4.79 Å². The van der Waals surface area contributed by atoms with Gasteiger partial charge in [-0.1, -0.05) is 42.0 Å². The second-order valence-corrected chi connectivity index (χ2v) is 7.45. The van der Waals surface area contributed by atoms with Crippen molar-refractivity contribution in [2.24, 2.45) is 4.99 Å². The highest BCUT2D eigenvalue weighted by Crippen LogP contribution is 2.30. The predicted octanol–water partition coefficient (Wildman–Crippen LogP) is 4.99. The van der Waals surface area contributed by atoms with Crippen molar-refractivity contribution in [3.05, 3.63) is 87.2 Å². The number of ether oxygens (including phenoxy) is 3. The quantitative estimate of drug-likeness (QED) is 0.428. The molecule has 0 aliphatic carbocycles. The van der Waals surface area contributed by atoms with Crippen molar-refractivity contribution >= 4 is 29.3 Å². The molecule has 0 unspecified atom stereocenters. The molecular formula is C23H19NO4S. The second-order valence-electron chi connectivity index (χ2n) is 6.50. The molecule has 0 saturated heterocycles. The third-order valence-electron chi connectivity index (χ3n) is 4.36. The number of hydrogen-bond acceptors (Lipinski definition) is 6. The Balaban J connectivity index is 1.56. The first-order chi connectivity index (χ1) is 14.1. The third kappa shape index (κ3) is 4.38. The Morgan fingerprint density at radius 2 is 1.93 bits per heavy atom. The van der Waals surface area contributed by atoms with Gasteiger partial charge in [-0.3, -0.25) is 0 Å². The minimum absolute atomic E-state index is 0.253. The van der Waals surface area contributed by atoms with Crippen molar-refractivity contribution in [2.75, 3.05) is 7.11 Å². The Hall–Kier alpha value is -3.38. The molecule has 1 aliphatic heterocycles. The van der Waals surface area contributed by atoms with Gasteiger partial charge in [-0.2, -0.15) is 0 Å². The van der Waals surface area contributed by atoms with Gasteiger partial charge in [-0.15, -0.1) is 11.3 Å². The highest BCUT2D eigenvalue weighted by atomic mass is 32.1. The van der Waals surface area contributed by atoms with Crippen molar-refractivity contribution in [3.63, 3.8) is 0 Å². The molecular weight excluding hydrogens is 386 g/mol. The Labute approximate surface area is 172 Å². The average Bonchev–Trinajstić information content (AvgIpc) is 3.38. The molecule has 0 saturated carbocycles. The number of carbonyl (C=O) groups excluding carboxylic acids is 1. The van der Waals surface area contributed by atoms with E-state index in [2.05, 4.69) is 4.99 Å². The normalized spacial score (nSPS) is 14.6. The van der Waals surface area contributed by atoms with E-state index < -0.39 is 5.97 Å². The fourth-order valence-electron chi connectivity index (χ4n) is 2.81. The van der Waals surface area contributed by atoms with Crippen LogP contribution in [0.15, 0.2) is 70.7 Å². The standard InChI is InChI=1S/C23H19NO4S/c1-15-5-7-16(8-6-15)14-27-20-13-17(9-10-19(20)26-2)12-18-23(25)28-22(24-18)21-4-3-11-29-21/h3-13H,14H2,1-2H3/b18-12+. The van der Waals surface area contributed by atoms with E-state index in [0.717, 1.165) is 16.0 Å². The fourth-order valence-corrected chi connectivity index (χ4v) is 3.46. The van der Waals surface area contributed by atoms with Crippen LogP contribution in [0.1, 0.15) is 21.6 Å². The summed E-state index contributed by atoms with van der Waals surface area (Å²) in [7, 11) is 1.60. The zero-order valence-corrected chi connectivity index (χ0v) is 16.9. The Kier molecular flexibility index (Phi) is 5.44. The van der Waals surface area contributed by atoms with Gasteiger partial charge in [-0.05, 0) is 47.7 Å². The topological polar surface area (TPSA) is 57.1 Å². The molecule has 3 aromatic rings. The zero-order valence-electron chi connectivity index (χ0n) is 16.0. The minimum Gasteiger partial charge on any atom is -0.493 e. The number of aliphatic imine (C=N–C) groups is 1. The molecule has 0 atom stereocenters. The van der Waals surface area contributed by atoms with Crippen molar-refractivity contribution < 1.29 is 19.0 Å². The minimum atomic E-state index is -0.466. The molecule has 5 nitrogen and oxygen atoms in total. The lowest BCUT2D eigenvalue weighted by Crippen LogP contribution is -2.03. The number of carbonyl (C=O) groups is 1. The molecule has 0 fully saturated rings. The largest absolute Gasteiger partial charge is 0.493 e. The molecule has 0 N–H and O–H groups in total. The summed E-state index contributed by atoms with van der Waals surface area (Å²) < 4.78 is 16.6. The smallest absolute Gasteiger partial charge is 0.363 e. The second kappa shape index (κ2) is 8.32. The van der Waals surface area contributed by atoms with Crippen LogP contribution in [0.2, 0.25) is 0 Å². The number of methoxy groups -OCH3 is 1. The van der Waals surface area contributed by atoms with Gasteiger partial charge < -0.3 is 14.2 Å². The van der Waals surface area contributed by atoms with E-state index in [1.54, 1.807) is 19.3 Å². The van der Waals surface area contributed by atoms with Crippen LogP contribution < -0.4 is 9.47 Å². The summed E-state index contributed by atoms with van der Waals surface area (Å²) in [6.07, 6.45) is 1.68. The summed E-state index contributed by atoms with van der Waals surface area (Å²) in [4.78, 5) is 17.3. The van der Waals surface area contributed by atoms with Crippen molar-refractivity contribution in [3.8, 4) is 11.5 Å². The van der Waals surface area contributed by atoms with Crippen LogP contribution in [0.5, 0.6) is 11.5 Å². The monoisotopic (exact) mass is 405 g/mol. The van der Waals surface area contributed by atoms with Crippen LogP contribution >= 0.6 is 11.3 Å². The van der Waals surface area contributed by atoms with Gasteiger partial charge in [0.2, 0.25) is 5.90 Å². The van der Waals surface area contributed by atoms with E-state index in [-0.39, 0.29) is 5.70 Å². The molecule has 0 radical (unpaired) electrons. The lowest BCUT2D eigenvalue weighted by molar-refractivity contribution is -0.129. The van der Waals surface area contributed by atoms with Crippen LogP contribution in [0.25, 0.3) is 6.08 Å². The van der Waals surface area contributed by atoms with Crippen molar-refractivity contribution in [1.82, 2.24) is 0 Å². The van der Waals surface area contributed by atoms with Gasteiger partial charge in [0.1, 0.15) is 6.61 Å². The summed E-state index contributed by atoms with van der Waals surface area (Å²) in [6, 6.07) is 17.4. The molecule has 1 aromatic heterocycles. The Morgan fingerprint density at radius 1 is 1.10 bits per heavy atom. The summed E-state index contributed by atoms with van der Waals surface area (Å²) in [5.74, 6) is 1.08. The number of rotatable bonds is 6. The van der Waals surface area contributed by atoms with Crippen LogP contribution in [0.4, 0.5) is 0 Å². The van der Waals surface area contributed by atoms with Gasteiger partial charge in [0.25, 0.3) is 0 Å². The first-order valence-corrected chi connectivity index (χ1v) is 9.93. The van der Waals surface area contributed by atoms with Gasteiger partial charge >= 0.3 is 5.97 Å². The Morgan fingerprint density at radius 3 is 2.66 bits per heavy atom. The zero-order chi connectivity index (χ0) is 20.2. The number of thiophene rings is 1. The Bertz CT molecular complexity index is 1080. The maximum Gasteiger partial charge on any atom is 0.363 e. The molecule has 2 aromatic carbocycles. The summed E-state index contributed by atoms with van der Waals surface area (Å²) in [6.45, 7) is 2.46. The molecule has 0 amide bonds. The number of aryl methyl sites for hydroxylation is 1. The van der Waals surface area contributed by atoms with E-state index in [1.165, 1.54) is 16.9 Å². The molecule has 1 aliphatic rings. The molecule has 4 rings (SSSR count). The summed E-state index contributed by atoms with van der Waals surface area (Å²) >= 11 is 1.47. The number of cyclic esters (lactones) is 1. The fraction of sp³-hybridized carbons (Fsp3) is 0.130. The summed E-state index contributed by atoms with van der Waals surface area (Å²) in [5.41, 5.74) is 3.28. The third-order valence-corrected chi connectivity index (χ3v) is 5.22. The van der Waals surface area contributed by atoms with E-state index in [0.29, 0.717) is 24.0 Å². The van der Waals surface area contributed by atoms with Crippen LogP contribution in [-0.4, -0.2) is 19.0 Å². The van der Waals surface area contributed by atoms with Crippen molar-refractivity contribution in [2.45, 2.75) is 13.5 Å². The van der Waals surface area contributed by atoms with E-state index in [4.69, 9.17) is 14.2 Å². The summed E-state index contributed by atoms with van der Waals surface area (Å²) in [5, 5.41) is 1.91. The van der Waals surface area contributed by atoms with E-state index >= 15 is 0 Å². The highest BCUT2D eigenvalue weighted by molar-refractivity contribution is 7.12. The molecule has 2 heterocycles. The lowest BCUT2D eigenvalue weighted by Gasteiger charge is -2.12. The number of benzene rings is 2. The highest BCUT2D eigenvalue weighted by Gasteiger charge is 2.24. The first kappa shape index (κ1) is 19.0. The average molecular weight is 405 g/mol. The van der Waals surface area contributed by atoms with E-state index in [1.807, 2.05) is 60.8 Å². The van der Waals surface area contributed by atoms with Crippen LogP contribution in [0.3, 0.4) is 0 Å². The lowest BCUT2D eigenvalue weighted by atomic mass is 10.1. The molecule has 146 valence electrons. The van der Waals surface area contributed by atoms with Gasteiger partial charge in [0.05, 0.1) is 12.0 Å². The van der Waals surface area contributed by atoms with Gasteiger partial charge in [0, 0.05) is 0 Å². The molecule has 6 heteroatoms.